The van der Waals surface area contributed by atoms with Crippen LogP contribution in [0, 0.1) is 34.5 Å². The fourth-order valence-electron chi connectivity index (χ4n) is 3.96. The van der Waals surface area contributed by atoms with Crippen LogP contribution < -0.4 is 0 Å². The molecule has 0 N–H and O–H groups in total. The summed E-state index contributed by atoms with van der Waals surface area (Å²) in [6.07, 6.45) is 8.20. The summed E-state index contributed by atoms with van der Waals surface area (Å²) in [7, 11) is 0. The second kappa shape index (κ2) is 3.41. The molecule has 0 spiro atoms. The zero-order chi connectivity index (χ0) is 13.4. The zero-order valence-corrected chi connectivity index (χ0v) is 12.8. The quantitative estimate of drug-likeness (QED) is 0.369. The Hall–Kier alpha value is -0.880. The van der Waals surface area contributed by atoms with Crippen LogP contribution in [0.1, 0.15) is 0 Å². The molecule has 0 aromatic heterocycles. The molecular weight excluding hydrogens is 372 g/mol. The van der Waals surface area contributed by atoms with Crippen molar-refractivity contribution in [3.05, 3.63) is 35.5 Å². The van der Waals surface area contributed by atoms with E-state index >= 15 is 0 Å². The average Bonchev–Trinajstić information content (AvgIpc) is 3.18. The summed E-state index contributed by atoms with van der Waals surface area (Å²) in [5.41, 5.74) is 0.312. The summed E-state index contributed by atoms with van der Waals surface area (Å²) >= 11 is 7.34. The smallest absolute Gasteiger partial charge is 0.127 e. The first-order valence-electron chi connectivity index (χ1n) is 6.02. The predicted octanol–water partition coefficient (Wildman–Crippen LogP) is 2.75. The molecule has 0 amide bonds. The van der Waals surface area contributed by atoms with Gasteiger partial charge in [-0.3, -0.25) is 0 Å². The van der Waals surface area contributed by atoms with Gasteiger partial charge in [0.2, 0.25) is 0 Å². The molecule has 6 unspecified atom stereocenters. The van der Waals surface area contributed by atoms with Gasteiger partial charge < -0.3 is 4.74 Å². The molecule has 5 rings (SSSR count). The van der Waals surface area contributed by atoms with E-state index in [-0.39, 0.29) is 21.5 Å². The normalized spacial score (nSPS) is 52.2. The lowest BCUT2D eigenvalue weighted by atomic mass is 9.57. The molecule has 94 valence electrons. The molecule has 4 aliphatic carbocycles. The summed E-state index contributed by atoms with van der Waals surface area (Å²) in [5, 5.41) is 18.8. The van der Waals surface area contributed by atoms with Gasteiger partial charge in [-0.25, -0.2) is 0 Å². The lowest BCUT2D eigenvalue weighted by Crippen LogP contribution is -2.55. The minimum Gasteiger partial charge on any atom is -0.357 e. The molecule has 5 heteroatoms. The van der Waals surface area contributed by atoms with Crippen molar-refractivity contribution in [3.63, 3.8) is 0 Å². The molecule has 0 saturated carbocycles. The van der Waals surface area contributed by atoms with Gasteiger partial charge in [0.1, 0.15) is 11.2 Å². The van der Waals surface area contributed by atoms with Gasteiger partial charge in [-0.05, 0) is 0 Å². The minimum atomic E-state index is -0.416. The van der Waals surface area contributed by atoms with Crippen LogP contribution in [0.5, 0.6) is 0 Å². The fourth-order valence-corrected chi connectivity index (χ4v) is 5.78. The van der Waals surface area contributed by atoms with Crippen molar-refractivity contribution in [2.24, 2.45) is 11.8 Å². The van der Waals surface area contributed by atoms with Crippen LogP contribution in [0.25, 0.3) is 0 Å². The zero-order valence-electron chi connectivity index (χ0n) is 9.68. The number of ether oxygens (including phenoxy) is 1. The summed E-state index contributed by atoms with van der Waals surface area (Å²) in [6, 6.07) is 4.44. The lowest BCUT2D eigenvalue weighted by molar-refractivity contribution is 0.253. The van der Waals surface area contributed by atoms with Crippen molar-refractivity contribution < 1.29 is 4.74 Å². The van der Waals surface area contributed by atoms with Gasteiger partial charge in [0.05, 0.1) is 32.9 Å². The van der Waals surface area contributed by atoms with Gasteiger partial charge in [0.15, 0.2) is 0 Å². The van der Waals surface area contributed by atoms with E-state index in [1.807, 2.05) is 12.2 Å². The van der Waals surface area contributed by atoms with E-state index in [1.165, 1.54) is 0 Å². The van der Waals surface area contributed by atoms with E-state index in [4.69, 9.17) is 4.74 Å². The minimum absolute atomic E-state index is 0.0647. The Bertz CT molecular complexity index is 614. The first-order valence-corrected chi connectivity index (χ1v) is 7.86. The van der Waals surface area contributed by atoms with Crippen LogP contribution in [0.4, 0.5) is 0 Å². The molecule has 1 fully saturated rings. The highest BCUT2D eigenvalue weighted by Gasteiger charge is 2.84. The van der Waals surface area contributed by atoms with Gasteiger partial charge in [0, 0.05) is 11.8 Å². The van der Waals surface area contributed by atoms with Gasteiger partial charge in [-0.1, -0.05) is 56.2 Å². The summed E-state index contributed by atoms with van der Waals surface area (Å²) < 4.78 is 6.23. The van der Waals surface area contributed by atoms with Crippen molar-refractivity contribution in [2.75, 3.05) is 0 Å². The van der Waals surface area contributed by atoms with E-state index in [0.29, 0.717) is 11.1 Å². The number of rotatable bonds is 0. The van der Waals surface area contributed by atoms with Crippen molar-refractivity contribution in [2.45, 2.75) is 20.9 Å². The Morgan fingerprint density at radius 2 is 1.32 bits per heavy atom. The van der Waals surface area contributed by atoms with E-state index in [2.05, 4.69) is 56.2 Å². The van der Waals surface area contributed by atoms with Crippen LogP contribution in [-0.4, -0.2) is 20.9 Å². The molecule has 2 bridgehead atoms. The van der Waals surface area contributed by atoms with Crippen molar-refractivity contribution in [1.29, 1.82) is 10.5 Å². The van der Waals surface area contributed by atoms with Crippen LogP contribution >= 0.6 is 31.9 Å². The van der Waals surface area contributed by atoms with Gasteiger partial charge >= 0.3 is 0 Å². The Balaban J connectivity index is 2.00. The maximum atomic E-state index is 9.39. The molecule has 6 atom stereocenters. The molecule has 19 heavy (non-hydrogen) atoms. The molecule has 1 heterocycles. The average molecular weight is 380 g/mol. The van der Waals surface area contributed by atoms with Crippen LogP contribution in [0.2, 0.25) is 0 Å². The first kappa shape index (κ1) is 11.9. The van der Waals surface area contributed by atoms with E-state index in [1.54, 1.807) is 0 Å². The first-order chi connectivity index (χ1) is 9.13. The van der Waals surface area contributed by atoms with Gasteiger partial charge in [0.25, 0.3) is 0 Å². The number of nitrogens with zero attached hydrogens (tertiary/aromatic N) is 2. The van der Waals surface area contributed by atoms with Crippen molar-refractivity contribution in [1.82, 2.24) is 0 Å². The third kappa shape index (κ3) is 1.01. The Kier molecular flexibility index (Phi) is 2.14. The summed E-state index contributed by atoms with van der Waals surface area (Å²) in [5.74, 6) is -0.266. The molecule has 0 radical (unpaired) electrons. The van der Waals surface area contributed by atoms with Crippen LogP contribution in [0.3, 0.4) is 0 Å². The standard InChI is InChI=1S/C14H8Br2N2O/c15-11-3-4-12(16)14-10-2-1-9(13(11,14)19-14)7(5-17)8(10)6-18/h1-4,9-12H. The predicted molar refractivity (Wildman–Crippen MR) is 75.5 cm³/mol. The topological polar surface area (TPSA) is 60.1 Å². The van der Waals surface area contributed by atoms with Gasteiger partial charge in [-0.15, -0.1) is 0 Å². The number of hydrogen-bond donors (Lipinski definition) is 0. The molecule has 1 aliphatic heterocycles. The highest BCUT2D eigenvalue weighted by Crippen LogP contribution is 2.73. The highest BCUT2D eigenvalue weighted by atomic mass is 79.9. The largest absolute Gasteiger partial charge is 0.357 e. The number of alkyl halides is 2. The number of nitriles is 2. The van der Waals surface area contributed by atoms with E-state index in [0.717, 1.165) is 0 Å². The molecule has 1 saturated heterocycles. The SMILES string of the molecule is N#CC1=C(C#N)C2C=CC1C13OC21C(Br)C=CC3Br. The fraction of sp³-hybridized carbons (Fsp3) is 0.429. The van der Waals surface area contributed by atoms with Crippen LogP contribution in [0.15, 0.2) is 35.5 Å². The van der Waals surface area contributed by atoms with Gasteiger partial charge in [-0.2, -0.15) is 10.5 Å². The van der Waals surface area contributed by atoms with E-state index in [9.17, 15) is 10.5 Å². The van der Waals surface area contributed by atoms with Crippen molar-refractivity contribution >= 4 is 31.9 Å². The Morgan fingerprint density at radius 3 is 1.68 bits per heavy atom. The number of epoxide rings is 1. The maximum Gasteiger partial charge on any atom is 0.127 e. The molecule has 5 aliphatic rings. The monoisotopic (exact) mass is 378 g/mol. The highest BCUT2D eigenvalue weighted by molar-refractivity contribution is 9.10. The second-order valence-corrected chi connectivity index (χ2v) is 7.24. The molecule has 0 aromatic rings. The van der Waals surface area contributed by atoms with E-state index < -0.39 is 11.2 Å². The Morgan fingerprint density at radius 1 is 0.895 bits per heavy atom. The third-order valence-corrected chi connectivity index (χ3v) is 6.72. The maximum absolute atomic E-state index is 9.39. The molecule has 3 nitrogen and oxygen atoms in total. The number of halogens is 2. The third-order valence-electron chi connectivity index (χ3n) is 4.75. The second-order valence-electron chi connectivity index (χ2n) is 5.27. The summed E-state index contributed by atoms with van der Waals surface area (Å²) in [4.78, 5) is 0.129. The molecular formula is C14H8Br2N2O. The Labute approximate surface area is 127 Å². The number of hydrogen-bond acceptors (Lipinski definition) is 3. The molecule has 0 aromatic carbocycles. The lowest BCUT2D eigenvalue weighted by Gasteiger charge is -2.43. The van der Waals surface area contributed by atoms with Crippen molar-refractivity contribution in [3.8, 4) is 12.1 Å². The van der Waals surface area contributed by atoms with Crippen LogP contribution in [-0.2, 0) is 4.74 Å². The summed E-state index contributed by atoms with van der Waals surface area (Å²) in [6.45, 7) is 0.